The van der Waals surface area contributed by atoms with E-state index in [0.717, 1.165) is 11.3 Å². The molecule has 5 nitrogen and oxygen atoms in total. The first-order valence-corrected chi connectivity index (χ1v) is 5.69. The first-order chi connectivity index (χ1) is 8.49. The van der Waals surface area contributed by atoms with Gasteiger partial charge in [0.1, 0.15) is 11.2 Å². The van der Waals surface area contributed by atoms with Crippen molar-refractivity contribution in [2.75, 3.05) is 12.4 Å². The zero-order valence-electron chi connectivity index (χ0n) is 10.3. The number of methoxy groups -OCH3 is 1. The Hall–Kier alpha value is -2.04. The number of hydrogen-bond donors (Lipinski definition) is 2. The first-order valence-electron chi connectivity index (χ1n) is 5.69. The van der Waals surface area contributed by atoms with E-state index in [-0.39, 0.29) is 0 Å². The number of amides is 1. The van der Waals surface area contributed by atoms with Crippen LogP contribution in [0.3, 0.4) is 0 Å². The van der Waals surface area contributed by atoms with E-state index >= 15 is 0 Å². The van der Waals surface area contributed by atoms with Gasteiger partial charge in [0.25, 0.3) is 0 Å². The SMILES string of the molecule is COc1ccc(NC(=O)C2(C(=O)O)CC2)cc1C. The summed E-state index contributed by atoms with van der Waals surface area (Å²) in [6, 6.07) is 5.20. The van der Waals surface area contributed by atoms with Crippen molar-refractivity contribution in [3.05, 3.63) is 23.8 Å². The summed E-state index contributed by atoms with van der Waals surface area (Å²) in [5.74, 6) is -0.767. The Kier molecular flexibility index (Phi) is 2.98. The lowest BCUT2D eigenvalue weighted by Crippen LogP contribution is -2.31. The van der Waals surface area contributed by atoms with Crippen molar-refractivity contribution in [2.24, 2.45) is 5.41 Å². The van der Waals surface area contributed by atoms with Crippen LogP contribution in [0.25, 0.3) is 0 Å². The zero-order valence-corrected chi connectivity index (χ0v) is 10.3. The molecule has 1 fully saturated rings. The first kappa shape index (κ1) is 12.4. The molecule has 1 aliphatic carbocycles. The highest BCUT2D eigenvalue weighted by atomic mass is 16.5. The van der Waals surface area contributed by atoms with Gasteiger partial charge in [-0.25, -0.2) is 0 Å². The average Bonchev–Trinajstić information content (AvgIpc) is 3.10. The summed E-state index contributed by atoms with van der Waals surface area (Å²) in [4.78, 5) is 22.9. The monoisotopic (exact) mass is 249 g/mol. The summed E-state index contributed by atoms with van der Waals surface area (Å²) >= 11 is 0. The van der Waals surface area contributed by atoms with Crippen molar-refractivity contribution < 1.29 is 19.4 Å². The number of hydrogen-bond acceptors (Lipinski definition) is 3. The summed E-state index contributed by atoms with van der Waals surface area (Å²) in [5, 5.41) is 11.7. The number of carbonyl (C=O) groups excluding carboxylic acids is 1. The molecule has 0 radical (unpaired) electrons. The minimum Gasteiger partial charge on any atom is -0.496 e. The van der Waals surface area contributed by atoms with E-state index in [2.05, 4.69) is 5.32 Å². The van der Waals surface area contributed by atoms with Gasteiger partial charge in [0.15, 0.2) is 0 Å². The summed E-state index contributed by atoms with van der Waals surface area (Å²) in [7, 11) is 1.57. The van der Waals surface area contributed by atoms with Gasteiger partial charge in [-0.2, -0.15) is 0 Å². The average molecular weight is 249 g/mol. The van der Waals surface area contributed by atoms with Crippen molar-refractivity contribution in [1.82, 2.24) is 0 Å². The van der Waals surface area contributed by atoms with Crippen molar-refractivity contribution >= 4 is 17.6 Å². The Morgan fingerprint density at radius 2 is 2.06 bits per heavy atom. The van der Waals surface area contributed by atoms with Gasteiger partial charge in [-0.05, 0) is 43.5 Å². The van der Waals surface area contributed by atoms with Crippen LogP contribution < -0.4 is 10.1 Å². The maximum atomic E-state index is 11.9. The van der Waals surface area contributed by atoms with E-state index in [1.165, 1.54) is 0 Å². The van der Waals surface area contributed by atoms with Crippen LogP contribution in [-0.4, -0.2) is 24.1 Å². The lowest BCUT2D eigenvalue weighted by molar-refractivity contribution is -0.147. The number of nitrogens with one attached hydrogen (secondary N) is 1. The molecule has 0 unspecified atom stereocenters. The number of aliphatic carboxylic acids is 1. The fourth-order valence-electron chi connectivity index (χ4n) is 1.87. The van der Waals surface area contributed by atoms with Gasteiger partial charge in [0, 0.05) is 5.69 Å². The van der Waals surface area contributed by atoms with Crippen LogP contribution in [0.15, 0.2) is 18.2 Å². The summed E-state index contributed by atoms with van der Waals surface area (Å²) in [5.41, 5.74) is 0.259. The number of carboxylic acid groups (broad SMARTS) is 1. The van der Waals surface area contributed by atoms with Crippen LogP contribution in [0.5, 0.6) is 5.75 Å². The second kappa shape index (κ2) is 4.33. The van der Waals surface area contributed by atoms with Crippen LogP contribution >= 0.6 is 0 Å². The quantitative estimate of drug-likeness (QED) is 0.798. The number of rotatable bonds is 4. The van der Waals surface area contributed by atoms with Gasteiger partial charge in [0.05, 0.1) is 7.11 Å². The van der Waals surface area contributed by atoms with Crippen LogP contribution in [-0.2, 0) is 9.59 Å². The highest BCUT2D eigenvalue weighted by Gasteiger charge is 2.57. The third-order valence-electron chi connectivity index (χ3n) is 3.25. The molecule has 1 aliphatic rings. The van der Waals surface area contributed by atoms with Crippen LogP contribution in [0.1, 0.15) is 18.4 Å². The Labute approximate surface area is 105 Å². The van der Waals surface area contributed by atoms with Crippen LogP contribution in [0.4, 0.5) is 5.69 Å². The number of aryl methyl sites for hydroxylation is 1. The van der Waals surface area contributed by atoms with E-state index in [4.69, 9.17) is 9.84 Å². The molecule has 18 heavy (non-hydrogen) atoms. The molecule has 1 amide bonds. The highest BCUT2D eigenvalue weighted by molar-refractivity contribution is 6.10. The molecule has 0 spiro atoms. The maximum Gasteiger partial charge on any atom is 0.319 e. The lowest BCUT2D eigenvalue weighted by Gasteiger charge is -2.12. The van der Waals surface area contributed by atoms with E-state index in [1.54, 1.807) is 25.3 Å². The minimum absolute atomic E-state index is 0.406. The number of ether oxygens (including phenoxy) is 1. The van der Waals surface area contributed by atoms with E-state index < -0.39 is 17.3 Å². The molecule has 0 saturated heterocycles. The van der Waals surface area contributed by atoms with E-state index in [0.29, 0.717) is 18.5 Å². The standard InChI is InChI=1S/C13H15NO4/c1-8-7-9(3-4-10(8)18-2)14-11(15)13(5-6-13)12(16)17/h3-4,7H,5-6H2,1-2H3,(H,14,15)(H,16,17). The normalized spacial score (nSPS) is 15.9. The predicted molar refractivity (Wildman–Crippen MR) is 65.7 cm³/mol. The summed E-state index contributed by atoms with van der Waals surface area (Å²) in [6.45, 7) is 1.86. The predicted octanol–water partition coefficient (Wildman–Crippen LogP) is 1.81. The smallest absolute Gasteiger partial charge is 0.319 e. The van der Waals surface area contributed by atoms with Crippen molar-refractivity contribution in [3.8, 4) is 5.75 Å². The summed E-state index contributed by atoms with van der Waals surface area (Å²) < 4.78 is 5.12. The second-order valence-electron chi connectivity index (χ2n) is 4.53. The topological polar surface area (TPSA) is 75.6 Å². The maximum absolute atomic E-state index is 11.9. The summed E-state index contributed by atoms with van der Waals surface area (Å²) in [6.07, 6.45) is 0.812. The molecule has 5 heteroatoms. The highest BCUT2D eigenvalue weighted by Crippen LogP contribution is 2.46. The molecule has 2 rings (SSSR count). The molecule has 1 aromatic rings. The third-order valence-corrected chi connectivity index (χ3v) is 3.25. The van der Waals surface area contributed by atoms with Gasteiger partial charge < -0.3 is 15.2 Å². The van der Waals surface area contributed by atoms with Crippen LogP contribution in [0, 0.1) is 12.3 Å². The fourth-order valence-corrected chi connectivity index (χ4v) is 1.87. The molecule has 0 heterocycles. The van der Waals surface area contributed by atoms with Crippen LogP contribution in [0.2, 0.25) is 0 Å². The second-order valence-corrected chi connectivity index (χ2v) is 4.53. The molecule has 0 aliphatic heterocycles. The lowest BCUT2D eigenvalue weighted by atomic mass is 10.1. The molecule has 2 N–H and O–H groups in total. The number of carbonyl (C=O) groups is 2. The van der Waals surface area contributed by atoms with Gasteiger partial charge in [0.2, 0.25) is 5.91 Å². The van der Waals surface area contributed by atoms with Crippen molar-refractivity contribution in [1.29, 1.82) is 0 Å². The Morgan fingerprint density at radius 3 is 2.50 bits per heavy atom. The van der Waals surface area contributed by atoms with Crippen molar-refractivity contribution in [2.45, 2.75) is 19.8 Å². The molecule has 1 saturated carbocycles. The van der Waals surface area contributed by atoms with Gasteiger partial charge in [-0.15, -0.1) is 0 Å². The molecule has 96 valence electrons. The number of anilines is 1. The zero-order chi connectivity index (χ0) is 13.3. The third kappa shape index (κ3) is 2.03. The molecule has 0 bridgehead atoms. The van der Waals surface area contributed by atoms with Gasteiger partial charge >= 0.3 is 5.97 Å². The van der Waals surface area contributed by atoms with E-state index in [9.17, 15) is 9.59 Å². The molecular formula is C13H15NO4. The van der Waals surface area contributed by atoms with Crippen molar-refractivity contribution in [3.63, 3.8) is 0 Å². The molecular weight excluding hydrogens is 234 g/mol. The Morgan fingerprint density at radius 1 is 1.39 bits per heavy atom. The molecule has 0 atom stereocenters. The largest absolute Gasteiger partial charge is 0.496 e. The number of carboxylic acids is 1. The number of benzene rings is 1. The van der Waals surface area contributed by atoms with E-state index in [1.807, 2.05) is 6.92 Å². The van der Waals surface area contributed by atoms with Gasteiger partial charge in [-0.3, -0.25) is 9.59 Å². The minimum atomic E-state index is -1.21. The fraction of sp³-hybridized carbons (Fsp3) is 0.385. The Bertz CT molecular complexity index is 506. The molecule has 0 aromatic heterocycles. The Balaban J connectivity index is 2.13. The van der Waals surface area contributed by atoms with Gasteiger partial charge in [-0.1, -0.05) is 0 Å². The molecule has 1 aromatic carbocycles.